The van der Waals surface area contributed by atoms with Gasteiger partial charge < -0.3 is 0 Å². The smallest absolute Gasteiger partial charge is 0.147 e. The van der Waals surface area contributed by atoms with Crippen molar-refractivity contribution in [3.05, 3.63) is 97.9 Å². The monoisotopic (exact) mass is 503 g/mol. The summed E-state index contributed by atoms with van der Waals surface area (Å²) < 4.78 is 7.80. The number of benzene rings is 2. The fourth-order valence-corrected chi connectivity index (χ4v) is 16.2. The van der Waals surface area contributed by atoms with Crippen LogP contribution in [0, 0.1) is 0 Å². The SMILES string of the molecule is CCC1=CC[C]([Zr]([CH3])(=[CH]c2ccccc2)[CH]2C=Cc3ccccc32)=C1CC.Cl.Cl. The minimum atomic E-state index is -2.86. The van der Waals surface area contributed by atoms with Gasteiger partial charge in [0.1, 0.15) is 0 Å². The Balaban J connectivity index is 0.00000150. The van der Waals surface area contributed by atoms with Crippen LogP contribution in [-0.4, -0.2) is 3.71 Å². The van der Waals surface area contributed by atoms with E-state index in [9.17, 15) is 0 Å². The van der Waals surface area contributed by atoms with Gasteiger partial charge in [-0.25, -0.2) is 0 Å². The van der Waals surface area contributed by atoms with Crippen LogP contribution >= 0.6 is 24.8 Å². The van der Waals surface area contributed by atoms with Crippen molar-refractivity contribution in [3.63, 3.8) is 0 Å². The molecule has 0 nitrogen and oxygen atoms in total. The summed E-state index contributed by atoms with van der Waals surface area (Å²) >= 11 is -2.86. The Labute approximate surface area is 192 Å². The summed E-state index contributed by atoms with van der Waals surface area (Å²) in [5.74, 6) is 0. The number of allylic oxidation sites excluding steroid dienone is 5. The summed E-state index contributed by atoms with van der Waals surface area (Å²) in [5, 5.41) is 0. The number of fused-ring (bicyclic) bond motifs is 1. The van der Waals surface area contributed by atoms with Crippen LogP contribution in [0.15, 0.2) is 81.2 Å². The van der Waals surface area contributed by atoms with Crippen molar-refractivity contribution in [2.75, 3.05) is 0 Å². The molecular weight excluding hydrogens is 474 g/mol. The summed E-state index contributed by atoms with van der Waals surface area (Å²) in [5.41, 5.74) is 7.66. The van der Waals surface area contributed by atoms with Crippen LogP contribution in [0.3, 0.4) is 0 Å². The van der Waals surface area contributed by atoms with Crippen LogP contribution in [0.1, 0.15) is 53.4 Å². The minimum Gasteiger partial charge on any atom is -0.147 e. The van der Waals surface area contributed by atoms with Gasteiger partial charge in [-0.15, -0.1) is 24.8 Å². The largest absolute Gasteiger partial charge is 0.147 e. The van der Waals surface area contributed by atoms with Crippen LogP contribution in [-0.2, 0) is 19.8 Å². The Morgan fingerprint density at radius 1 is 0.931 bits per heavy atom. The van der Waals surface area contributed by atoms with Crippen molar-refractivity contribution in [2.24, 2.45) is 0 Å². The van der Waals surface area contributed by atoms with Gasteiger partial charge in [-0.1, -0.05) is 0 Å². The molecule has 0 aromatic heterocycles. The second-order valence-corrected chi connectivity index (χ2v) is 17.9. The van der Waals surface area contributed by atoms with Gasteiger partial charge in [0.2, 0.25) is 0 Å². The van der Waals surface area contributed by atoms with Gasteiger partial charge in [0, 0.05) is 0 Å². The van der Waals surface area contributed by atoms with Gasteiger partial charge in [0.05, 0.1) is 0 Å². The average Bonchev–Trinajstić information content (AvgIpc) is 3.33. The second kappa shape index (κ2) is 10.3. The van der Waals surface area contributed by atoms with E-state index in [0.717, 1.165) is 6.42 Å². The topological polar surface area (TPSA) is 0 Å². The molecule has 0 amide bonds. The van der Waals surface area contributed by atoms with Crippen LogP contribution in [0.5, 0.6) is 0 Å². The molecule has 0 heterocycles. The first-order valence-corrected chi connectivity index (χ1v) is 16.8. The molecule has 2 unspecified atom stereocenters. The Hall–Kier alpha value is -1.01. The van der Waals surface area contributed by atoms with Crippen LogP contribution in [0.2, 0.25) is 4.63 Å². The van der Waals surface area contributed by atoms with Gasteiger partial charge in [0.25, 0.3) is 0 Å². The molecule has 0 aliphatic heterocycles. The van der Waals surface area contributed by atoms with E-state index in [-0.39, 0.29) is 24.8 Å². The standard InChI is InChI=1S/C9H7.C9H13.C7H6.CH3.2ClH.Zr/c1-2-5-9-7-3-6-8(9)4-1;1-3-8-6-5-7-9(8)4-2;1-7-5-3-2-4-6-7;;;;/h1-7H;6H,3-5H2,1-2H3;1-6H;1H3;2*1H;. The molecule has 2 aromatic carbocycles. The molecule has 0 spiro atoms. The molecule has 0 saturated heterocycles. The van der Waals surface area contributed by atoms with Crippen molar-refractivity contribution < 1.29 is 19.8 Å². The normalized spacial score (nSPS) is 19.0. The molecule has 153 valence electrons. The molecule has 29 heavy (non-hydrogen) atoms. The first-order valence-electron chi connectivity index (χ1n) is 10.3. The first-order chi connectivity index (χ1) is 13.2. The van der Waals surface area contributed by atoms with E-state index in [1.807, 2.05) is 3.28 Å². The predicted molar refractivity (Wildman–Crippen MR) is 130 cm³/mol. The summed E-state index contributed by atoms with van der Waals surface area (Å²) in [6.45, 7) is 4.65. The zero-order valence-corrected chi connectivity index (χ0v) is 21.6. The van der Waals surface area contributed by atoms with E-state index in [4.69, 9.17) is 0 Å². The summed E-state index contributed by atoms with van der Waals surface area (Å²) in [6.07, 6.45) is 10.9. The predicted octanol–water partition coefficient (Wildman–Crippen LogP) is 8.05. The maximum atomic E-state index is 2.73. The quantitative estimate of drug-likeness (QED) is 0.386. The third-order valence-electron chi connectivity index (χ3n) is 6.40. The Morgan fingerprint density at radius 3 is 2.31 bits per heavy atom. The van der Waals surface area contributed by atoms with E-state index in [1.165, 1.54) is 24.0 Å². The van der Waals surface area contributed by atoms with Crippen molar-refractivity contribution in [3.8, 4) is 0 Å². The molecule has 0 bridgehead atoms. The molecular formula is C26H31Cl2Zr. The molecule has 2 atom stereocenters. The van der Waals surface area contributed by atoms with E-state index in [2.05, 4.69) is 95.0 Å². The summed E-state index contributed by atoms with van der Waals surface area (Å²) in [7, 11) is 0. The van der Waals surface area contributed by atoms with Gasteiger partial charge in [-0.2, -0.15) is 0 Å². The van der Waals surface area contributed by atoms with Crippen molar-refractivity contribution in [1.29, 1.82) is 0 Å². The maximum Gasteiger partial charge on any atom is -0.147 e. The van der Waals surface area contributed by atoms with E-state index in [0.29, 0.717) is 3.63 Å². The third kappa shape index (κ3) is 4.53. The number of halogens is 2. The van der Waals surface area contributed by atoms with Crippen LogP contribution < -0.4 is 0 Å². The summed E-state index contributed by atoms with van der Waals surface area (Å²) in [4.78, 5) is 0. The zero-order chi connectivity index (χ0) is 18.9. The molecule has 0 N–H and O–H groups in total. The van der Waals surface area contributed by atoms with Crippen molar-refractivity contribution in [1.82, 2.24) is 0 Å². The van der Waals surface area contributed by atoms with E-state index < -0.39 is 19.8 Å². The molecule has 0 fully saturated rings. The Kier molecular flexibility index (Phi) is 8.65. The number of hydrogen-bond acceptors (Lipinski definition) is 0. The Bertz CT molecular complexity index is 996. The molecule has 4 rings (SSSR count). The third-order valence-corrected chi connectivity index (χ3v) is 17.5. The molecule has 3 heteroatoms. The molecule has 2 aromatic rings. The van der Waals surface area contributed by atoms with Gasteiger partial charge >= 0.3 is 169 Å². The van der Waals surface area contributed by atoms with Crippen molar-refractivity contribution in [2.45, 2.75) is 41.4 Å². The Morgan fingerprint density at radius 2 is 1.62 bits per heavy atom. The molecule has 0 saturated carbocycles. The number of rotatable bonds is 5. The fraction of sp³-hybridized carbons (Fsp3) is 0.269. The molecule has 2 aliphatic rings. The van der Waals surface area contributed by atoms with E-state index >= 15 is 0 Å². The first kappa shape index (κ1) is 24.3. The second-order valence-electron chi connectivity index (χ2n) is 7.90. The van der Waals surface area contributed by atoms with Gasteiger partial charge in [-0.3, -0.25) is 0 Å². The van der Waals surface area contributed by atoms with Gasteiger partial charge in [-0.05, 0) is 0 Å². The van der Waals surface area contributed by atoms with Crippen molar-refractivity contribution >= 4 is 34.6 Å². The van der Waals surface area contributed by atoms with Gasteiger partial charge in [0.15, 0.2) is 0 Å². The van der Waals surface area contributed by atoms with E-state index in [1.54, 1.807) is 16.7 Å². The fourth-order valence-electron chi connectivity index (χ4n) is 5.04. The minimum absolute atomic E-state index is 0. The maximum absolute atomic E-state index is 2.86. The number of hydrogen-bond donors (Lipinski definition) is 0. The molecule has 0 radical (unpaired) electrons. The van der Waals surface area contributed by atoms with Crippen LogP contribution in [0.4, 0.5) is 0 Å². The molecule has 2 aliphatic carbocycles. The van der Waals surface area contributed by atoms with Crippen LogP contribution in [0.25, 0.3) is 6.08 Å². The summed E-state index contributed by atoms with van der Waals surface area (Å²) in [6, 6.07) is 20.1. The average molecular weight is 506 g/mol. The zero-order valence-electron chi connectivity index (χ0n) is 17.5.